The zero-order valence-corrected chi connectivity index (χ0v) is 13.3. The highest BCUT2D eigenvalue weighted by atomic mass is 16.5. The lowest BCUT2D eigenvalue weighted by molar-refractivity contribution is 0.244. The maximum Gasteiger partial charge on any atom is 0.319 e. The van der Waals surface area contributed by atoms with Crippen LogP contribution in [0.15, 0.2) is 34.9 Å². The first-order valence-electron chi connectivity index (χ1n) is 8.07. The highest BCUT2D eigenvalue weighted by Crippen LogP contribution is 2.20. The van der Waals surface area contributed by atoms with Crippen LogP contribution in [0.5, 0.6) is 0 Å². The molecule has 2 amide bonds. The van der Waals surface area contributed by atoms with Crippen LogP contribution in [0.1, 0.15) is 37.9 Å². The standard InChI is InChI=1S/C17H22N4O2/c1-12-11-16(21-23-12)18-14-7-9-15(10-8-14)20-17(22)19-13-5-3-2-4-6-13/h7-11,13H,2-6H2,1H3,(H,18,21)(H2,19,20,22). The van der Waals surface area contributed by atoms with E-state index in [9.17, 15) is 4.79 Å². The average Bonchev–Trinajstić information content (AvgIpc) is 2.95. The Morgan fingerprint density at radius 3 is 2.48 bits per heavy atom. The van der Waals surface area contributed by atoms with Crippen molar-refractivity contribution < 1.29 is 9.32 Å². The van der Waals surface area contributed by atoms with Gasteiger partial charge in [-0.1, -0.05) is 24.4 Å². The van der Waals surface area contributed by atoms with Crippen molar-refractivity contribution in [2.75, 3.05) is 10.6 Å². The molecule has 1 aromatic carbocycles. The molecular weight excluding hydrogens is 292 g/mol. The number of carbonyl (C=O) groups is 1. The Balaban J connectivity index is 1.51. The predicted molar refractivity (Wildman–Crippen MR) is 90.0 cm³/mol. The smallest absolute Gasteiger partial charge is 0.319 e. The van der Waals surface area contributed by atoms with Crippen LogP contribution in [0.4, 0.5) is 22.0 Å². The normalized spacial score (nSPS) is 15.2. The fraction of sp³-hybridized carbons (Fsp3) is 0.412. The van der Waals surface area contributed by atoms with Gasteiger partial charge in [-0.2, -0.15) is 0 Å². The maximum atomic E-state index is 12.0. The molecule has 0 saturated heterocycles. The van der Waals surface area contributed by atoms with E-state index in [2.05, 4.69) is 21.1 Å². The first kappa shape index (κ1) is 15.4. The Kier molecular flexibility index (Phi) is 4.80. The van der Waals surface area contributed by atoms with Gasteiger partial charge in [0.2, 0.25) is 0 Å². The van der Waals surface area contributed by atoms with Crippen LogP contribution in [0, 0.1) is 6.92 Å². The summed E-state index contributed by atoms with van der Waals surface area (Å²) in [4.78, 5) is 12.0. The summed E-state index contributed by atoms with van der Waals surface area (Å²) in [5, 5.41) is 12.9. The molecule has 6 heteroatoms. The van der Waals surface area contributed by atoms with Gasteiger partial charge in [-0.15, -0.1) is 0 Å². The molecule has 0 unspecified atom stereocenters. The number of benzene rings is 1. The van der Waals surface area contributed by atoms with Gasteiger partial charge in [0, 0.05) is 23.5 Å². The topological polar surface area (TPSA) is 79.2 Å². The highest BCUT2D eigenvalue weighted by Gasteiger charge is 2.15. The van der Waals surface area contributed by atoms with Gasteiger partial charge in [0.15, 0.2) is 5.82 Å². The lowest BCUT2D eigenvalue weighted by Gasteiger charge is -2.22. The number of hydrogen-bond acceptors (Lipinski definition) is 4. The molecule has 3 N–H and O–H groups in total. The van der Waals surface area contributed by atoms with E-state index in [1.165, 1.54) is 19.3 Å². The lowest BCUT2D eigenvalue weighted by atomic mass is 9.96. The molecule has 1 heterocycles. The monoisotopic (exact) mass is 314 g/mol. The van der Waals surface area contributed by atoms with E-state index in [1.54, 1.807) is 0 Å². The molecule has 1 aromatic heterocycles. The molecule has 1 aliphatic carbocycles. The van der Waals surface area contributed by atoms with Crippen molar-refractivity contribution in [3.8, 4) is 0 Å². The van der Waals surface area contributed by atoms with Crippen molar-refractivity contribution in [3.05, 3.63) is 36.1 Å². The van der Waals surface area contributed by atoms with E-state index in [-0.39, 0.29) is 6.03 Å². The predicted octanol–water partition coefficient (Wildman–Crippen LogP) is 4.18. The van der Waals surface area contributed by atoms with Gasteiger partial charge in [0.1, 0.15) is 5.76 Å². The molecule has 0 radical (unpaired) electrons. The third-order valence-corrected chi connectivity index (χ3v) is 3.98. The number of hydrogen-bond donors (Lipinski definition) is 3. The molecule has 23 heavy (non-hydrogen) atoms. The summed E-state index contributed by atoms with van der Waals surface area (Å²) in [6, 6.07) is 9.49. The summed E-state index contributed by atoms with van der Waals surface area (Å²) in [5.74, 6) is 1.42. The first-order valence-corrected chi connectivity index (χ1v) is 8.07. The SMILES string of the molecule is Cc1cc(Nc2ccc(NC(=O)NC3CCCCC3)cc2)no1. The third-order valence-electron chi connectivity index (χ3n) is 3.98. The lowest BCUT2D eigenvalue weighted by Crippen LogP contribution is -2.38. The molecule has 6 nitrogen and oxygen atoms in total. The fourth-order valence-corrected chi connectivity index (χ4v) is 2.81. The number of rotatable bonds is 4. The van der Waals surface area contributed by atoms with Gasteiger partial charge in [-0.05, 0) is 44.0 Å². The average molecular weight is 314 g/mol. The Labute approximate surface area is 135 Å². The van der Waals surface area contributed by atoms with Gasteiger partial charge in [0.05, 0.1) is 0 Å². The van der Waals surface area contributed by atoms with Gasteiger partial charge in [0.25, 0.3) is 0 Å². The Morgan fingerprint density at radius 1 is 1.13 bits per heavy atom. The highest BCUT2D eigenvalue weighted by molar-refractivity contribution is 5.89. The summed E-state index contributed by atoms with van der Waals surface area (Å²) in [7, 11) is 0. The Hall–Kier alpha value is -2.50. The van der Waals surface area contributed by atoms with Crippen molar-refractivity contribution in [2.45, 2.75) is 45.1 Å². The van der Waals surface area contributed by atoms with Gasteiger partial charge >= 0.3 is 6.03 Å². The summed E-state index contributed by atoms with van der Waals surface area (Å²) in [6.45, 7) is 1.84. The minimum atomic E-state index is -0.135. The summed E-state index contributed by atoms with van der Waals surface area (Å²) >= 11 is 0. The number of carbonyl (C=O) groups excluding carboxylic acids is 1. The molecule has 0 aliphatic heterocycles. The van der Waals surface area contributed by atoms with E-state index in [0.717, 1.165) is 30.0 Å². The van der Waals surface area contributed by atoms with Crippen LogP contribution in [-0.2, 0) is 0 Å². The van der Waals surface area contributed by atoms with Crippen molar-refractivity contribution in [1.82, 2.24) is 10.5 Å². The second kappa shape index (κ2) is 7.17. The quantitative estimate of drug-likeness (QED) is 0.791. The van der Waals surface area contributed by atoms with Crippen LogP contribution >= 0.6 is 0 Å². The summed E-state index contributed by atoms with van der Waals surface area (Å²) < 4.78 is 5.01. The van der Waals surface area contributed by atoms with Crippen molar-refractivity contribution in [3.63, 3.8) is 0 Å². The second-order valence-electron chi connectivity index (χ2n) is 5.96. The fourth-order valence-electron chi connectivity index (χ4n) is 2.81. The van der Waals surface area contributed by atoms with Crippen LogP contribution in [0.2, 0.25) is 0 Å². The first-order chi connectivity index (χ1) is 11.2. The molecule has 122 valence electrons. The summed E-state index contributed by atoms with van der Waals surface area (Å²) in [5.41, 5.74) is 1.65. The molecule has 0 atom stereocenters. The Morgan fingerprint density at radius 2 is 1.83 bits per heavy atom. The van der Waals surface area contributed by atoms with E-state index in [0.29, 0.717) is 11.9 Å². The number of nitrogens with one attached hydrogen (secondary N) is 3. The zero-order valence-electron chi connectivity index (χ0n) is 13.3. The molecule has 2 aromatic rings. The van der Waals surface area contributed by atoms with E-state index >= 15 is 0 Å². The maximum absolute atomic E-state index is 12.0. The van der Waals surface area contributed by atoms with Crippen molar-refractivity contribution in [2.24, 2.45) is 0 Å². The molecular formula is C17H22N4O2. The number of nitrogens with zero attached hydrogens (tertiary/aromatic N) is 1. The number of aromatic nitrogens is 1. The van der Waals surface area contributed by atoms with Gasteiger partial charge < -0.3 is 20.5 Å². The molecule has 3 rings (SSSR count). The van der Waals surface area contributed by atoms with Gasteiger partial charge in [-0.3, -0.25) is 0 Å². The molecule has 1 fully saturated rings. The summed E-state index contributed by atoms with van der Waals surface area (Å²) in [6.07, 6.45) is 5.83. The second-order valence-corrected chi connectivity index (χ2v) is 5.96. The molecule has 0 bridgehead atoms. The van der Waals surface area contributed by atoms with E-state index in [1.807, 2.05) is 37.3 Å². The van der Waals surface area contributed by atoms with E-state index in [4.69, 9.17) is 4.52 Å². The van der Waals surface area contributed by atoms with Crippen molar-refractivity contribution >= 4 is 23.2 Å². The van der Waals surface area contributed by atoms with Crippen LogP contribution in [-0.4, -0.2) is 17.2 Å². The van der Waals surface area contributed by atoms with E-state index < -0.39 is 0 Å². The molecule has 1 aliphatic rings. The minimum Gasteiger partial charge on any atom is -0.360 e. The molecule has 1 saturated carbocycles. The van der Waals surface area contributed by atoms with Crippen LogP contribution < -0.4 is 16.0 Å². The van der Waals surface area contributed by atoms with Crippen molar-refractivity contribution in [1.29, 1.82) is 0 Å². The Bertz CT molecular complexity index is 645. The van der Waals surface area contributed by atoms with Gasteiger partial charge in [-0.25, -0.2) is 4.79 Å². The van der Waals surface area contributed by atoms with Crippen LogP contribution in [0.25, 0.3) is 0 Å². The molecule has 0 spiro atoms. The minimum absolute atomic E-state index is 0.135. The number of amides is 2. The number of anilines is 3. The number of urea groups is 1. The number of aryl methyl sites for hydroxylation is 1. The third kappa shape index (κ3) is 4.48. The zero-order chi connectivity index (χ0) is 16.1. The van der Waals surface area contributed by atoms with Crippen LogP contribution in [0.3, 0.4) is 0 Å². The largest absolute Gasteiger partial charge is 0.360 e.